The van der Waals surface area contributed by atoms with Crippen molar-refractivity contribution in [3.63, 3.8) is 0 Å². The Morgan fingerprint density at radius 2 is 1.54 bits per heavy atom. The molecule has 3 fully saturated rings. The summed E-state index contributed by atoms with van der Waals surface area (Å²) in [5.74, 6) is 0.537. The van der Waals surface area contributed by atoms with Gasteiger partial charge < -0.3 is 9.84 Å². The molecule has 1 saturated heterocycles. The molecule has 2 amide bonds. The third-order valence-corrected chi connectivity index (χ3v) is 8.67. The van der Waals surface area contributed by atoms with Gasteiger partial charge in [0.25, 0.3) is 11.1 Å². The Balaban J connectivity index is 0.000000293. The normalized spacial score (nSPS) is 19.4. The van der Waals surface area contributed by atoms with Gasteiger partial charge in [-0.05, 0) is 73.1 Å². The quantitative estimate of drug-likeness (QED) is 0.164. The van der Waals surface area contributed by atoms with E-state index in [0.29, 0.717) is 34.1 Å². The summed E-state index contributed by atoms with van der Waals surface area (Å²) in [4.78, 5) is 45.4. The van der Waals surface area contributed by atoms with E-state index in [4.69, 9.17) is 21.4 Å². The molecule has 3 aliphatic rings. The van der Waals surface area contributed by atoms with Crippen LogP contribution in [0.1, 0.15) is 108 Å². The van der Waals surface area contributed by atoms with Gasteiger partial charge in [-0.25, -0.2) is 0 Å². The third kappa shape index (κ3) is 11.8. The van der Waals surface area contributed by atoms with Crippen molar-refractivity contribution in [3.8, 4) is 5.75 Å². The number of esters is 1. The average molecular weight is 578 g/mol. The highest BCUT2D eigenvalue weighted by Gasteiger charge is 2.25. The number of amides is 2. The largest absolute Gasteiger partial charge is 0.481 e. The molecule has 0 atom stereocenters. The SMILES string of the molecule is O=C(CCCC1CCCCC1)Oc1ccc(/C=C2\SC(=O)NC2=O)cc1Cl.O=C(O)CCCC1CCCCC1. The Labute approximate surface area is 240 Å². The number of benzene rings is 1. The fraction of sp³-hybridized carbons (Fsp3) is 0.600. The number of imide groups is 1. The molecule has 2 aliphatic carbocycles. The summed E-state index contributed by atoms with van der Waals surface area (Å²) in [6.07, 6.45) is 19.5. The Kier molecular flexibility index (Phi) is 13.4. The molecule has 0 aromatic heterocycles. The molecule has 2 saturated carbocycles. The Morgan fingerprint density at radius 1 is 0.949 bits per heavy atom. The van der Waals surface area contributed by atoms with E-state index in [2.05, 4.69) is 5.32 Å². The maximum Gasteiger partial charge on any atom is 0.311 e. The van der Waals surface area contributed by atoms with Crippen LogP contribution in [0.25, 0.3) is 6.08 Å². The van der Waals surface area contributed by atoms with Crippen molar-refractivity contribution in [2.45, 2.75) is 103 Å². The topological polar surface area (TPSA) is 110 Å². The second-order valence-electron chi connectivity index (χ2n) is 10.7. The summed E-state index contributed by atoms with van der Waals surface area (Å²) >= 11 is 7.04. The predicted molar refractivity (Wildman–Crippen MR) is 155 cm³/mol. The van der Waals surface area contributed by atoms with Crippen molar-refractivity contribution in [3.05, 3.63) is 33.7 Å². The van der Waals surface area contributed by atoms with Gasteiger partial charge in [0, 0.05) is 12.8 Å². The van der Waals surface area contributed by atoms with Gasteiger partial charge in [-0.1, -0.05) is 81.9 Å². The van der Waals surface area contributed by atoms with Gasteiger partial charge in [-0.2, -0.15) is 0 Å². The first-order chi connectivity index (χ1) is 18.8. The zero-order chi connectivity index (χ0) is 28.0. The van der Waals surface area contributed by atoms with E-state index in [1.54, 1.807) is 24.3 Å². The molecule has 7 nitrogen and oxygen atoms in total. The number of aliphatic carboxylic acids is 1. The third-order valence-electron chi connectivity index (χ3n) is 7.57. The molecular formula is C30H40ClNO6S. The first-order valence-corrected chi connectivity index (χ1v) is 15.5. The molecule has 1 aromatic rings. The van der Waals surface area contributed by atoms with Gasteiger partial charge in [0.2, 0.25) is 0 Å². The molecule has 4 rings (SSSR count). The number of ether oxygens (including phenoxy) is 1. The number of carbonyl (C=O) groups is 4. The maximum atomic E-state index is 12.1. The number of carbonyl (C=O) groups excluding carboxylic acids is 3. The number of halogens is 1. The monoisotopic (exact) mass is 577 g/mol. The van der Waals surface area contributed by atoms with E-state index in [-0.39, 0.29) is 5.97 Å². The van der Waals surface area contributed by atoms with Crippen molar-refractivity contribution in [1.82, 2.24) is 5.32 Å². The zero-order valence-electron chi connectivity index (χ0n) is 22.6. The molecule has 1 aromatic carbocycles. The van der Waals surface area contributed by atoms with Crippen LogP contribution in [0.15, 0.2) is 23.1 Å². The second kappa shape index (κ2) is 16.7. The van der Waals surface area contributed by atoms with E-state index in [9.17, 15) is 19.2 Å². The van der Waals surface area contributed by atoms with E-state index in [1.165, 1.54) is 64.2 Å². The fourth-order valence-corrected chi connectivity index (χ4v) is 6.37. The number of nitrogens with one attached hydrogen (secondary N) is 1. The van der Waals surface area contributed by atoms with Crippen LogP contribution in [-0.2, 0) is 14.4 Å². The van der Waals surface area contributed by atoms with Gasteiger partial charge in [0.15, 0.2) is 0 Å². The number of carboxylic acids is 1. The van der Waals surface area contributed by atoms with Crippen LogP contribution in [0, 0.1) is 11.8 Å². The summed E-state index contributed by atoms with van der Waals surface area (Å²) in [7, 11) is 0. The number of carboxylic acid groups (broad SMARTS) is 1. The van der Waals surface area contributed by atoms with Crippen molar-refractivity contribution < 1.29 is 29.0 Å². The molecule has 9 heteroatoms. The lowest BCUT2D eigenvalue weighted by Gasteiger charge is -2.20. The van der Waals surface area contributed by atoms with Crippen molar-refractivity contribution in [2.24, 2.45) is 11.8 Å². The van der Waals surface area contributed by atoms with Crippen LogP contribution in [0.2, 0.25) is 5.02 Å². The minimum atomic E-state index is -0.647. The number of hydrogen-bond acceptors (Lipinski definition) is 6. The molecule has 0 bridgehead atoms. The minimum Gasteiger partial charge on any atom is -0.481 e. The van der Waals surface area contributed by atoms with Crippen LogP contribution in [0.5, 0.6) is 5.75 Å². The van der Waals surface area contributed by atoms with Gasteiger partial charge in [0.05, 0.1) is 9.93 Å². The van der Waals surface area contributed by atoms with Gasteiger partial charge in [-0.15, -0.1) is 0 Å². The highest BCUT2D eigenvalue weighted by molar-refractivity contribution is 8.18. The predicted octanol–water partition coefficient (Wildman–Crippen LogP) is 8.14. The summed E-state index contributed by atoms with van der Waals surface area (Å²) in [6.45, 7) is 0. The smallest absolute Gasteiger partial charge is 0.311 e. The van der Waals surface area contributed by atoms with Crippen LogP contribution < -0.4 is 10.1 Å². The maximum absolute atomic E-state index is 12.1. The van der Waals surface area contributed by atoms with E-state index >= 15 is 0 Å². The Morgan fingerprint density at radius 3 is 2.05 bits per heavy atom. The number of hydrogen-bond donors (Lipinski definition) is 2. The van der Waals surface area contributed by atoms with Crippen LogP contribution >= 0.6 is 23.4 Å². The molecule has 214 valence electrons. The number of thioether (sulfide) groups is 1. The first-order valence-electron chi connectivity index (χ1n) is 14.3. The van der Waals surface area contributed by atoms with Crippen molar-refractivity contribution >= 4 is 52.5 Å². The summed E-state index contributed by atoms with van der Waals surface area (Å²) in [5, 5.41) is 10.5. The van der Waals surface area contributed by atoms with Crippen LogP contribution in [0.3, 0.4) is 0 Å². The minimum absolute atomic E-state index is 0.282. The number of rotatable bonds is 10. The van der Waals surface area contributed by atoms with Crippen molar-refractivity contribution in [2.75, 3.05) is 0 Å². The fourth-order valence-electron chi connectivity index (χ4n) is 5.46. The van der Waals surface area contributed by atoms with E-state index < -0.39 is 17.1 Å². The van der Waals surface area contributed by atoms with Gasteiger partial charge in [-0.3, -0.25) is 24.5 Å². The summed E-state index contributed by atoms with van der Waals surface area (Å²) in [5.41, 5.74) is 0.657. The molecule has 39 heavy (non-hydrogen) atoms. The van der Waals surface area contributed by atoms with E-state index in [1.807, 2.05) is 0 Å². The summed E-state index contributed by atoms with van der Waals surface area (Å²) < 4.78 is 5.37. The van der Waals surface area contributed by atoms with E-state index in [0.717, 1.165) is 49.3 Å². The van der Waals surface area contributed by atoms with Crippen molar-refractivity contribution in [1.29, 1.82) is 0 Å². The Bertz CT molecular complexity index is 1030. The molecule has 1 aliphatic heterocycles. The van der Waals surface area contributed by atoms with Gasteiger partial charge >= 0.3 is 11.9 Å². The van der Waals surface area contributed by atoms with Crippen LogP contribution in [0.4, 0.5) is 4.79 Å². The first kappa shape index (κ1) is 31.2. The zero-order valence-corrected chi connectivity index (χ0v) is 24.1. The standard InChI is InChI=1S/C20H22ClNO4S.C10H18O2/c21-15-11-14(12-17-19(24)22-20(25)27-17)9-10-16(15)26-18(23)8-4-7-13-5-2-1-3-6-13;11-10(12)8-4-7-9-5-2-1-3-6-9/h9-13H,1-8H2,(H,22,24,25);9H,1-8H2,(H,11,12)/b17-12-;. The molecule has 1 heterocycles. The molecular weight excluding hydrogens is 538 g/mol. The molecule has 0 spiro atoms. The molecule has 0 radical (unpaired) electrons. The second-order valence-corrected chi connectivity index (χ2v) is 12.1. The molecule has 0 unspecified atom stereocenters. The van der Waals surface area contributed by atoms with Crippen LogP contribution in [-0.4, -0.2) is 28.2 Å². The lowest BCUT2D eigenvalue weighted by molar-refractivity contribution is -0.137. The Hall–Kier alpha value is -2.32. The highest BCUT2D eigenvalue weighted by atomic mass is 35.5. The molecule has 2 N–H and O–H groups in total. The average Bonchev–Trinajstić information content (AvgIpc) is 3.23. The lowest BCUT2D eigenvalue weighted by atomic mass is 9.86. The summed E-state index contributed by atoms with van der Waals surface area (Å²) in [6, 6.07) is 4.91. The van der Waals surface area contributed by atoms with Gasteiger partial charge in [0.1, 0.15) is 5.75 Å². The highest BCUT2D eigenvalue weighted by Crippen LogP contribution is 2.31. The lowest BCUT2D eigenvalue weighted by Crippen LogP contribution is -2.17.